The molecule has 0 radical (unpaired) electrons. The molecule has 2 aromatic rings. The minimum Gasteiger partial charge on any atom is -0.338 e. The van der Waals surface area contributed by atoms with Crippen molar-refractivity contribution in [2.24, 2.45) is 0 Å². The second-order valence-electron chi connectivity index (χ2n) is 7.15. The van der Waals surface area contributed by atoms with E-state index >= 15 is 0 Å². The Morgan fingerprint density at radius 1 is 1.23 bits per heavy atom. The molecular weight excluding hydrogens is 326 g/mol. The van der Waals surface area contributed by atoms with Gasteiger partial charge in [0, 0.05) is 50.0 Å². The molecule has 0 aromatic carbocycles. The molecule has 1 fully saturated rings. The fourth-order valence-corrected chi connectivity index (χ4v) is 3.61. The van der Waals surface area contributed by atoms with Crippen LogP contribution >= 0.6 is 0 Å². The molecule has 0 spiro atoms. The van der Waals surface area contributed by atoms with Crippen molar-refractivity contribution >= 4 is 6.03 Å². The average molecular weight is 355 g/mol. The van der Waals surface area contributed by atoms with Gasteiger partial charge in [0.2, 0.25) is 0 Å². The number of amides is 2. The number of hydrogen-bond donors (Lipinski definition) is 1. The summed E-state index contributed by atoms with van der Waals surface area (Å²) in [5.41, 5.74) is 1.13. The lowest BCUT2D eigenvalue weighted by molar-refractivity contribution is 0.150. The number of nitrogens with zero attached hydrogens (tertiary/aromatic N) is 4. The van der Waals surface area contributed by atoms with Crippen LogP contribution in [0.1, 0.15) is 57.1 Å². The minimum atomic E-state index is 0.0477. The summed E-state index contributed by atoms with van der Waals surface area (Å²) in [6.07, 6.45) is 15.9. The molecule has 0 bridgehead atoms. The van der Waals surface area contributed by atoms with Crippen LogP contribution in [0, 0.1) is 0 Å². The van der Waals surface area contributed by atoms with Crippen molar-refractivity contribution in [3.8, 4) is 0 Å². The van der Waals surface area contributed by atoms with Gasteiger partial charge in [-0.3, -0.25) is 4.98 Å². The highest BCUT2D eigenvalue weighted by atomic mass is 16.2. The third-order valence-corrected chi connectivity index (χ3v) is 5.25. The van der Waals surface area contributed by atoms with Gasteiger partial charge in [-0.1, -0.05) is 19.3 Å². The quantitative estimate of drug-likeness (QED) is 0.822. The highest BCUT2D eigenvalue weighted by Crippen LogP contribution is 2.24. The van der Waals surface area contributed by atoms with Crippen LogP contribution in [-0.4, -0.2) is 38.1 Å². The van der Waals surface area contributed by atoms with Crippen LogP contribution in [0.25, 0.3) is 0 Å². The lowest BCUT2D eigenvalue weighted by Gasteiger charge is -2.34. The van der Waals surface area contributed by atoms with Gasteiger partial charge in [-0.05, 0) is 43.9 Å². The highest BCUT2D eigenvalue weighted by Gasteiger charge is 2.25. The number of aromatic nitrogens is 3. The van der Waals surface area contributed by atoms with Gasteiger partial charge >= 0.3 is 6.03 Å². The van der Waals surface area contributed by atoms with E-state index in [1.807, 2.05) is 29.6 Å². The number of rotatable bonds is 7. The summed E-state index contributed by atoms with van der Waals surface area (Å²) < 4.78 is 2.07. The van der Waals surface area contributed by atoms with Gasteiger partial charge in [0.1, 0.15) is 0 Å². The van der Waals surface area contributed by atoms with E-state index < -0.39 is 0 Å². The summed E-state index contributed by atoms with van der Waals surface area (Å²) in [4.78, 5) is 23.1. The number of imidazole rings is 1. The number of urea groups is 1. The van der Waals surface area contributed by atoms with Crippen LogP contribution in [0.2, 0.25) is 0 Å². The molecule has 1 atom stereocenters. The maximum atomic E-state index is 12.9. The van der Waals surface area contributed by atoms with Gasteiger partial charge in [0.15, 0.2) is 0 Å². The van der Waals surface area contributed by atoms with E-state index in [1.54, 1.807) is 18.6 Å². The molecule has 1 aliphatic rings. The largest absolute Gasteiger partial charge is 0.338 e. The first kappa shape index (κ1) is 18.4. The molecule has 2 aromatic heterocycles. The zero-order chi connectivity index (χ0) is 18.2. The highest BCUT2D eigenvalue weighted by molar-refractivity contribution is 5.74. The van der Waals surface area contributed by atoms with E-state index in [1.165, 1.54) is 19.3 Å². The summed E-state index contributed by atoms with van der Waals surface area (Å²) in [7, 11) is 0. The van der Waals surface area contributed by atoms with E-state index in [4.69, 9.17) is 0 Å². The van der Waals surface area contributed by atoms with Crippen LogP contribution in [0.4, 0.5) is 4.79 Å². The van der Waals surface area contributed by atoms with Crippen LogP contribution in [0.15, 0.2) is 43.2 Å². The van der Waals surface area contributed by atoms with Crippen LogP contribution in [0.3, 0.4) is 0 Å². The van der Waals surface area contributed by atoms with Crippen molar-refractivity contribution in [1.29, 1.82) is 0 Å². The van der Waals surface area contributed by atoms with Gasteiger partial charge < -0.3 is 14.8 Å². The summed E-state index contributed by atoms with van der Waals surface area (Å²) in [6.45, 7) is 3.46. The molecule has 1 N–H and O–H groups in total. The molecule has 0 aliphatic heterocycles. The molecule has 0 saturated heterocycles. The Bertz CT molecular complexity index is 652. The molecule has 2 amide bonds. The molecule has 1 unspecified atom stereocenters. The lowest BCUT2D eigenvalue weighted by atomic mass is 9.94. The van der Waals surface area contributed by atoms with Crippen LogP contribution < -0.4 is 5.32 Å². The van der Waals surface area contributed by atoms with Gasteiger partial charge in [0.05, 0.1) is 6.33 Å². The maximum Gasteiger partial charge on any atom is 0.317 e. The summed E-state index contributed by atoms with van der Waals surface area (Å²) in [5.74, 6) is 0. The van der Waals surface area contributed by atoms with Crippen molar-refractivity contribution in [2.75, 3.05) is 6.54 Å². The van der Waals surface area contributed by atoms with Crippen molar-refractivity contribution in [3.63, 3.8) is 0 Å². The Balaban J connectivity index is 1.57. The average Bonchev–Trinajstić information content (AvgIpc) is 3.22. The number of hydrogen-bond acceptors (Lipinski definition) is 3. The Kier molecular flexibility index (Phi) is 6.63. The first-order chi connectivity index (χ1) is 12.7. The van der Waals surface area contributed by atoms with E-state index in [0.29, 0.717) is 25.2 Å². The Morgan fingerprint density at radius 3 is 2.69 bits per heavy atom. The summed E-state index contributed by atoms with van der Waals surface area (Å²) in [5, 5.41) is 3.13. The molecule has 1 aliphatic carbocycles. The first-order valence-electron chi connectivity index (χ1n) is 9.65. The third-order valence-electron chi connectivity index (χ3n) is 5.25. The topological polar surface area (TPSA) is 63.1 Å². The second-order valence-corrected chi connectivity index (χ2v) is 7.15. The number of pyridine rings is 1. The molecule has 26 heavy (non-hydrogen) atoms. The number of nitrogens with one attached hydrogen (secondary N) is 1. The third kappa shape index (κ3) is 5.07. The van der Waals surface area contributed by atoms with E-state index in [9.17, 15) is 4.79 Å². The second kappa shape index (κ2) is 9.36. The van der Waals surface area contributed by atoms with Crippen molar-refractivity contribution < 1.29 is 4.79 Å². The fourth-order valence-electron chi connectivity index (χ4n) is 3.61. The molecule has 3 rings (SSSR count). The van der Waals surface area contributed by atoms with Crippen LogP contribution in [-0.2, 0) is 6.54 Å². The minimum absolute atomic E-state index is 0.0477. The van der Waals surface area contributed by atoms with E-state index in [-0.39, 0.29) is 6.03 Å². The fraction of sp³-hybridized carbons (Fsp3) is 0.550. The SMILES string of the molecule is CC(CCNC(=O)N(Cc1ccncc1)C1CCCCC1)n1ccnc1. The maximum absolute atomic E-state index is 12.9. The first-order valence-corrected chi connectivity index (χ1v) is 9.65. The summed E-state index contributed by atoms with van der Waals surface area (Å²) >= 11 is 0. The van der Waals surface area contributed by atoms with Gasteiger partial charge in [-0.15, -0.1) is 0 Å². The van der Waals surface area contributed by atoms with Gasteiger partial charge in [0.25, 0.3) is 0 Å². The zero-order valence-electron chi connectivity index (χ0n) is 15.6. The van der Waals surface area contributed by atoms with Crippen molar-refractivity contribution in [3.05, 3.63) is 48.8 Å². The van der Waals surface area contributed by atoms with Crippen molar-refractivity contribution in [2.45, 2.75) is 64.1 Å². The number of carbonyl (C=O) groups excluding carboxylic acids is 1. The normalized spacial score (nSPS) is 16.2. The number of carbonyl (C=O) groups is 1. The molecule has 6 nitrogen and oxygen atoms in total. The Hall–Kier alpha value is -2.37. The lowest BCUT2D eigenvalue weighted by Crippen LogP contribution is -2.46. The Morgan fingerprint density at radius 2 is 2.00 bits per heavy atom. The van der Waals surface area contributed by atoms with Gasteiger partial charge in [-0.25, -0.2) is 9.78 Å². The zero-order valence-corrected chi connectivity index (χ0v) is 15.6. The molecule has 1 saturated carbocycles. The predicted molar refractivity (Wildman–Crippen MR) is 102 cm³/mol. The molecule has 140 valence electrons. The van der Waals surface area contributed by atoms with E-state index in [2.05, 4.69) is 26.8 Å². The van der Waals surface area contributed by atoms with Crippen molar-refractivity contribution in [1.82, 2.24) is 24.8 Å². The predicted octanol–water partition coefficient (Wildman–Crippen LogP) is 3.77. The molecular formula is C20H29N5O. The smallest absolute Gasteiger partial charge is 0.317 e. The summed E-state index contributed by atoms with van der Waals surface area (Å²) in [6, 6.07) is 4.68. The Labute approximate surface area is 155 Å². The molecule has 6 heteroatoms. The van der Waals surface area contributed by atoms with E-state index in [0.717, 1.165) is 24.8 Å². The van der Waals surface area contributed by atoms with Gasteiger partial charge in [-0.2, -0.15) is 0 Å². The molecule has 2 heterocycles. The standard InChI is InChI=1S/C20H29N5O/c1-17(24-14-13-22-16-24)7-12-23-20(26)25(19-5-3-2-4-6-19)15-18-8-10-21-11-9-18/h8-11,13-14,16-17,19H,2-7,12,15H2,1H3,(H,23,26). The monoisotopic (exact) mass is 355 g/mol. The van der Waals surface area contributed by atoms with Crippen LogP contribution in [0.5, 0.6) is 0 Å².